The minimum absolute atomic E-state index is 0. The van der Waals surface area contributed by atoms with Crippen molar-refractivity contribution in [2.75, 3.05) is 0 Å². The van der Waals surface area contributed by atoms with Gasteiger partial charge in [-0.1, -0.05) is 0 Å². The number of benzene rings is 2. The number of hydrogen-bond donors (Lipinski definition) is 8. The van der Waals surface area contributed by atoms with Crippen LogP contribution < -0.4 is 0 Å². The van der Waals surface area contributed by atoms with Crippen LogP contribution in [0.3, 0.4) is 0 Å². The lowest BCUT2D eigenvalue weighted by Crippen LogP contribution is -1.95. The van der Waals surface area contributed by atoms with Crippen LogP contribution in [0.2, 0.25) is 0 Å². The molecule has 136 valence electrons. The molecule has 0 aliphatic carbocycles. The van der Waals surface area contributed by atoms with Crippen LogP contribution in [0.25, 0.3) is 0 Å². The largest absolute Gasteiger partial charge is 0.504 e. The molecular formula is C14H14O11. The molecule has 0 aliphatic heterocycles. The molecule has 2 aromatic carbocycles. The van der Waals surface area contributed by atoms with Crippen molar-refractivity contribution in [3.63, 3.8) is 0 Å². The second-order valence-corrected chi connectivity index (χ2v) is 4.34. The average Bonchev–Trinajstić information content (AvgIpc) is 2.49. The van der Waals surface area contributed by atoms with E-state index in [4.69, 9.17) is 40.9 Å². The molecule has 0 fully saturated rings. The van der Waals surface area contributed by atoms with E-state index in [1.54, 1.807) is 0 Å². The predicted molar refractivity (Wildman–Crippen MR) is 80.4 cm³/mol. The Morgan fingerprint density at radius 1 is 0.560 bits per heavy atom. The molecule has 0 bridgehead atoms. The first-order valence-electron chi connectivity index (χ1n) is 6.01. The second kappa shape index (κ2) is 8.12. The lowest BCUT2D eigenvalue weighted by molar-refractivity contribution is 0.0685. The fraction of sp³-hybridized carbons (Fsp3) is 0. The van der Waals surface area contributed by atoms with E-state index in [-0.39, 0.29) is 16.6 Å². The zero-order valence-electron chi connectivity index (χ0n) is 12.2. The van der Waals surface area contributed by atoms with Crippen LogP contribution in [0, 0.1) is 0 Å². The number of carboxylic acid groups (broad SMARTS) is 2. The van der Waals surface area contributed by atoms with Gasteiger partial charge in [-0.25, -0.2) is 9.59 Å². The lowest BCUT2D eigenvalue weighted by Gasteiger charge is -2.01. The third-order valence-electron chi connectivity index (χ3n) is 2.63. The average molecular weight is 358 g/mol. The molecular weight excluding hydrogens is 344 g/mol. The zero-order valence-corrected chi connectivity index (χ0v) is 12.2. The van der Waals surface area contributed by atoms with Crippen LogP contribution in [-0.4, -0.2) is 58.3 Å². The highest BCUT2D eigenvalue weighted by molar-refractivity contribution is 5.89. The smallest absolute Gasteiger partial charge is 0.335 e. The van der Waals surface area contributed by atoms with E-state index >= 15 is 0 Å². The Balaban J connectivity index is 0.000000443. The van der Waals surface area contributed by atoms with Crippen LogP contribution in [0.1, 0.15) is 20.7 Å². The van der Waals surface area contributed by atoms with Crippen molar-refractivity contribution < 1.29 is 55.9 Å². The van der Waals surface area contributed by atoms with E-state index in [9.17, 15) is 9.59 Å². The molecule has 0 amide bonds. The summed E-state index contributed by atoms with van der Waals surface area (Å²) in [5.74, 6) is -6.67. The molecule has 0 heterocycles. The summed E-state index contributed by atoms with van der Waals surface area (Å²) < 4.78 is 0. The van der Waals surface area contributed by atoms with Gasteiger partial charge in [-0.05, 0) is 24.3 Å². The van der Waals surface area contributed by atoms with Crippen LogP contribution >= 0.6 is 0 Å². The first kappa shape index (κ1) is 21.1. The third kappa shape index (κ3) is 5.07. The first-order valence-corrected chi connectivity index (χ1v) is 6.01. The number of rotatable bonds is 2. The van der Waals surface area contributed by atoms with Crippen LogP contribution in [-0.2, 0) is 0 Å². The predicted octanol–water partition coefficient (Wildman–Crippen LogP) is 0.178. The number of carboxylic acids is 2. The van der Waals surface area contributed by atoms with Gasteiger partial charge in [-0.2, -0.15) is 0 Å². The molecule has 0 unspecified atom stereocenters. The van der Waals surface area contributed by atoms with Gasteiger partial charge >= 0.3 is 11.9 Å². The molecule has 0 saturated heterocycles. The highest BCUT2D eigenvalue weighted by Crippen LogP contribution is 2.35. The van der Waals surface area contributed by atoms with Gasteiger partial charge in [0.1, 0.15) is 0 Å². The minimum atomic E-state index is -1.29. The lowest BCUT2D eigenvalue weighted by atomic mass is 10.2. The van der Waals surface area contributed by atoms with Crippen molar-refractivity contribution in [3.8, 4) is 34.5 Å². The number of phenolic OH excluding ortho intramolecular Hbond substituents is 6. The van der Waals surface area contributed by atoms with Gasteiger partial charge in [0, 0.05) is 0 Å². The van der Waals surface area contributed by atoms with Gasteiger partial charge in [0.15, 0.2) is 34.5 Å². The highest BCUT2D eigenvalue weighted by atomic mass is 16.4. The Morgan fingerprint density at radius 3 is 0.920 bits per heavy atom. The zero-order chi connectivity index (χ0) is 18.6. The molecule has 0 aliphatic rings. The Bertz CT molecular complexity index is 684. The number of phenols is 6. The maximum absolute atomic E-state index is 10.3. The van der Waals surface area contributed by atoms with E-state index in [0.29, 0.717) is 0 Å². The highest BCUT2D eigenvalue weighted by Gasteiger charge is 2.12. The summed E-state index contributed by atoms with van der Waals surface area (Å²) in [6, 6.07) is 3.38. The van der Waals surface area contributed by atoms with E-state index in [1.165, 1.54) is 0 Å². The van der Waals surface area contributed by atoms with Crippen LogP contribution in [0.5, 0.6) is 34.5 Å². The maximum Gasteiger partial charge on any atom is 0.335 e. The number of aromatic carboxylic acids is 2. The quantitative estimate of drug-likeness (QED) is 0.339. The molecule has 2 aromatic rings. The molecule has 2 rings (SSSR count). The third-order valence-corrected chi connectivity index (χ3v) is 2.63. The summed E-state index contributed by atoms with van der Waals surface area (Å²) in [7, 11) is 0. The summed E-state index contributed by atoms with van der Waals surface area (Å²) in [5.41, 5.74) is -0.578. The molecule has 0 atom stereocenters. The molecule has 0 aromatic heterocycles. The summed E-state index contributed by atoms with van der Waals surface area (Å²) in [6.07, 6.45) is 0. The monoisotopic (exact) mass is 358 g/mol. The van der Waals surface area contributed by atoms with E-state index in [0.717, 1.165) is 24.3 Å². The van der Waals surface area contributed by atoms with Crippen LogP contribution in [0.4, 0.5) is 0 Å². The Labute approximate surface area is 138 Å². The van der Waals surface area contributed by atoms with Gasteiger partial charge in [0.2, 0.25) is 0 Å². The molecule has 0 spiro atoms. The van der Waals surface area contributed by atoms with Gasteiger partial charge in [0.25, 0.3) is 0 Å². The second-order valence-electron chi connectivity index (χ2n) is 4.34. The Hall–Kier alpha value is -3.86. The summed E-state index contributed by atoms with van der Waals surface area (Å²) in [6.45, 7) is 0. The van der Waals surface area contributed by atoms with Crippen molar-refractivity contribution in [2.24, 2.45) is 0 Å². The molecule has 0 radical (unpaired) electrons. The van der Waals surface area contributed by atoms with Crippen molar-refractivity contribution in [3.05, 3.63) is 35.4 Å². The first-order chi connectivity index (χ1) is 11.0. The van der Waals surface area contributed by atoms with Crippen molar-refractivity contribution in [2.45, 2.75) is 0 Å². The van der Waals surface area contributed by atoms with Gasteiger partial charge in [-0.15, -0.1) is 0 Å². The molecule has 11 nitrogen and oxygen atoms in total. The summed E-state index contributed by atoms with van der Waals surface area (Å²) >= 11 is 0. The van der Waals surface area contributed by atoms with Gasteiger partial charge < -0.3 is 46.3 Å². The van der Waals surface area contributed by atoms with E-state index in [1.807, 2.05) is 0 Å². The molecule has 11 heteroatoms. The molecule has 10 N–H and O–H groups in total. The number of hydrogen-bond acceptors (Lipinski definition) is 8. The number of aromatic hydroxyl groups is 6. The van der Waals surface area contributed by atoms with Crippen molar-refractivity contribution >= 4 is 11.9 Å². The van der Waals surface area contributed by atoms with E-state index < -0.39 is 46.4 Å². The van der Waals surface area contributed by atoms with E-state index in [2.05, 4.69) is 0 Å². The molecule has 0 saturated carbocycles. The van der Waals surface area contributed by atoms with Crippen molar-refractivity contribution in [1.29, 1.82) is 0 Å². The minimum Gasteiger partial charge on any atom is -0.504 e. The fourth-order valence-electron chi connectivity index (χ4n) is 1.46. The topological polar surface area (TPSA) is 227 Å². The summed E-state index contributed by atoms with van der Waals surface area (Å²) in [5, 5.41) is 69.9. The number of carbonyl (C=O) groups is 2. The Kier molecular flexibility index (Phi) is 6.87. The summed E-state index contributed by atoms with van der Waals surface area (Å²) in [4.78, 5) is 20.6. The molecule has 25 heavy (non-hydrogen) atoms. The normalized spacial score (nSPS) is 9.28. The van der Waals surface area contributed by atoms with Crippen LogP contribution in [0.15, 0.2) is 24.3 Å². The van der Waals surface area contributed by atoms with Crippen molar-refractivity contribution in [1.82, 2.24) is 0 Å². The van der Waals surface area contributed by atoms with Gasteiger partial charge in [0.05, 0.1) is 11.1 Å². The van der Waals surface area contributed by atoms with Gasteiger partial charge in [-0.3, -0.25) is 0 Å². The standard InChI is InChI=1S/2C7H6O5.H2O/c2*8-4-1-3(7(11)12)2-5(9)6(4)10;/h2*1-2,8-10H,(H,11,12);1H2. The Morgan fingerprint density at radius 2 is 0.760 bits per heavy atom. The fourth-order valence-corrected chi connectivity index (χ4v) is 1.46. The maximum atomic E-state index is 10.3. The SMILES string of the molecule is O.O=C(O)c1cc(O)c(O)c(O)c1.O=C(O)c1cc(O)c(O)c(O)c1.